The Kier molecular flexibility index (Phi) is 8.42. The molecular weight excluding hydrogens is 404 g/mol. The quantitative estimate of drug-likeness (QED) is 0.391. The lowest BCUT2D eigenvalue weighted by Gasteiger charge is -2.34. The molecule has 2 aliphatic heterocycles. The van der Waals surface area contributed by atoms with Gasteiger partial charge in [-0.15, -0.1) is 0 Å². The van der Waals surface area contributed by atoms with E-state index in [4.69, 9.17) is 4.74 Å². The summed E-state index contributed by atoms with van der Waals surface area (Å²) >= 11 is 3.53. The summed E-state index contributed by atoms with van der Waals surface area (Å²) in [6, 6.07) is 9.07. The van der Waals surface area contributed by atoms with Gasteiger partial charge >= 0.3 is 0 Å². The highest BCUT2D eigenvalue weighted by Gasteiger charge is 2.24. The van der Waals surface area contributed by atoms with Crippen molar-refractivity contribution < 1.29 is 4.74 Å². The van der Waals surface area contributed by atoms with Crippen LogP contribution in [0, 0.1) is 5.92 Å². The van der Waals surface area contributed by atoms with Crippen molar-refractivity contribution in [3.8, 4) is 0 Å². The molecule has 2 fully saturated rings. The van der Waals surface area contributed by atoms with Gasteiger partial charge < -0.3 is 20.3 Å². The van der Waals surface area contributed by atoms with Crippen LogP contribution in [0.3, 0.4) is 0 Å². The predicted molar refractivity (Wildman–Crippen MR) is 115 cm³/mol. The fraction of sp³-hybridized carbons (Fsp3) is 0.667. The zero-order valence-corrected chi connectivity index (χ0v) is 18.0. The molecule has 1 atom stereocenters. The van der Waals surface area contributed by atoms with Gasteiger partial charge in [-0.3, -0.25) is 4.99 Å². The van der Waals surface area contributed by atoms with Crippen LogP contribution in [0.15, 0.2) is 33.7 Å². The molecule has 150 valence electrons. The van der Waals surface area contributed by atoms with E-state index in [1.165, 1.54) is 44.5 Å². The lowest BCUT2D eigenvalue weighted by Crippen LogP contribution is -2.49. The zero-order valence-electron chi connectivity index (χ0n) is 16.4. The van der Waals surface area contributed by atoms with E-state index < -0.39 is 0 Å². The first kappa shape index (κ1) is 20.6. The van der Waals surface area contributed by atoms with E-state index >= 15 is 0 Å². The van der Waals surface area contributed by atoms with Gasteiger partial charge in [0.25, 0.3) is 0 Å². The highest BCUT2D eigenvalue weighted by molar-refractivity contribution is 9.10. The summed E-state index contributed by atoms with van der Waals surface area (Å²) in [6.07, 6.45) is 5.78. The largest absolute Gasteiger partial charge is 0.381 e. The Morgan fingerprint density at radius 2 is 2.15 bits per heavy atom. The number of aliphatic imine (C=N–C) groups is 1. The number of rotatable bonds is 7. The molecule has 0 bridgehead atoms. The van der Waals surface area contributed by atoms with Crippen LogP contribution in [0.25, 0.3) is 0 Å². The summed E-state index contributed by atoms with van der Waals surface area (Å²) in [5.41, 5.74) is 1.37. The summed E-state index contributed by atoms with van der Waals surface area (Å²) < 4.78 is 6.65. The SMILES string of the molecule is CN=C(NCCCc1cccc(Br)c1)NC1CCN(CC2CCOC2)CC1. The summed E-state index contributed by atoms with van der Waals surface area (Å²) in [6.45, 7) is 6.39. The number of hydrogen-bond donors (Lipinski definition) is 2. The molecule has 27 heavy (non-hydrogen) atoms. The van der Waals surface area contributed by atoms with E-state index in [-0.39, 0.29) is 0 Å². The van der Waals surface area contributed by atoms with Crippen LogP contribution in [-0.2, 0) is 11.2 Å². The molecule has 1 aromatic carbocycles. The fourth-order valence-electron chi connectivity index (χ4n) is 3.93. The van der Waals surface area contributed by atoms with E-state index in [9.17, 15) is 0 Å². The number of hydrogen-bond acceptors (Lipinski definition) is 3. The van der Waals surface area contributed by atoms with Gasteiger partial charge in [-0.2, -0.15) is 0 Å². The first-order valence-electron chi connectivity index (χ1n) is 10.2. The lowest BCUT2D eigenvalue weighted by atomic mass is 10.0. The summed E-state index contributed by atoms with van der Waals surface area (Å²) in [5, 5.41) is 7.08. The Morgan fingerprint density at radius 3 is 2.85 bits per heavy atom. The molecule has 0 spiro atoms. The van der Waals surface area contributed by atoms with E-state index in [1.807, 2.05) is 7.05 Å². The number of guanidine groups is 1. The predicted octanol–water partition coefficient (Wildman–Crippen LogP) is 3.05. The van der Waals surface area contributed by atoms with E-state index in [0.29, 0.717) is 6.04 Å². The van der Waals surface area contributed by atoms with Crippen LogP contribution in [0.2, 0.25) is 0 Å². The second-order valence-electron chi connectivity index (χ2n) is 7.68. The fourth-order valence-corrected chi connectivity index (χ4v) is 4.38. The Balaban J connectivity index is 1.31. The molecule has 1 unspecified atom stereocenters. The maximum atomic E-state index is 5.50. The number of aryl methyl sites for hydroxylation is 1. The molecule has 0 amide bonds. The normalized spacial score (nSPS) is 22.1. The van der Waals surface area contributed by atoms with Crippen molar-refractivity contribution in [2.45, 2.75) is 38.1 Å². The molecular formula is C21H33BrN4O. The maximum Gasteiger partial charge on any atom is 0.191 e. The van der Waals surface area contributed by atoms with E-state index in [0.717, 1.165) is 49.0 Å². The van der Waals surface area contributed by atoms with Crippen molar-refractivity contribution in [1.29, 1.82) is 0 Å². The summed E-state index contributed by atoms with van der Waals surface area (Å²) in [5.74, 6) is 1.68. The minimum Gasteiger partial charge on any atom is -0.381 e. The Hall–Kier alpha value is -1.11. The molecule has 2 N–H and O–H groups in total. The van der Waals surface area contributed by atoms with Gasteiger partial charge in [-0.25, -0.2) is 0 Å². The van der Waals surface area contributed by atoms with Crippen molar-refractivity contribution in [1.82, 2.24) is 15.5 Å². The number of halogens is 1. The Labute approximate surface area is 172 Å². The number of nitrogens with zero attached hydrogens (tertiary/aromatic N) is 2. The van der Waals surface area contributed by atoms with Crippen molar-refractivity contribution in [3.63, 3.8) is 0 Å². The molecule has 2 heterocycles. The van der Waals surface area contributed by atoms with Crippen LogP contribution in [0.5, 0.6) is 0 Å². The van der Waals surface area contributed by atoms with Crippen molar-refractivity contribution in [2.24, 2.45) is 10.9 Å². The Morgan fingerprint density at radius 1 is 1.30 bits per heavy atom. The first-order chi connectivity index (χ1) is 13.2. The molecule has 0 saturated carbocycles. The maximum absolute atomic E-state index is 5.50. The average Bonchev–Trinajstić information content (AvgIpc) is 3.19. The smallest absolute Gasteiger partial charge is 0.191 e. The molecule has 0 radical (unpaired) electrons. The molecule has 1 aromatic rings. The van der Waals surface area contributed by atoms with Gasteiger partial charge in [-0.1, -0.05) is 28.1 Å². The number of nitrogens with one attached hydrogen (secondary N) is 2. The van der Waals surface area contributed by atoms with Crippen molar-refractivity contribution in [3.05, 3.63) is 34.3 Å². The molecule has 2 aliphatic rings. The highest BCUT2D eigenvalue weighted by atomic mass is 79.9. The van der Waals surface area contributed by atoms with Crippen LogP contribution in [0.1, 0.15) is 31.2 Å². The zero-order chi connectivity index (χ0) is 18.9. The molecule has 5 nitrogen and oxygen atoms in total. The van der Waals surface area contributed by atoms with Gasteiger partial charge in [0, 0.05) is 50.3 Å². The lowest BCUT2D eigenvalue weighted by molar-refractivity contribution is 0.150. The third-order valence-corrected chi connectivity index (χ3v) is 6.01. The second-order valence-corrected chi connectivity index (χ2v) is 8.60. The van der Waals surface area contributed by atoms with Gasteiger partial charge in [0.05, 0.1) is 6.61 Å². The average molecular weight is 437 g/mol. The first-order valence-corrected chi connectivity index (χ1v) is 11.0. The van der Waals surface area contributed by atoms with Crippen LogP contribution in [0.4, 0.5) is 0 Å². The monoisotopic (exact) mass is 436 g/mol. The summed E-state index contributed by atoms with van der Waals surface area (Å²) in [7, 11) is 1.86. The van der Waals surface area contributed by atoms with Gasteiger partial charge in [0.2, 0.25) is 0 Å². The van der Waals surface area contributed by atoms with Crippen molar-refractivity contribution in [2.75, 3.05) is 46.4 Å². The molecule has 0 aliphatic carbocycles. The van der Waals surface area contributed by atoms with E-state index in [1.54, 1.807) is 0 Å². The Bertz CT molecular complexity index is 596. The van der Waals surface area contributed by atoms with Crippen molar-refractivity contribution >= 4 is 21.9 Å². The minimum atomic E-state index is 0.525. The minimum absolute atomic E-state index is 0.525. The number of ether oxygens (including phenoxy) is 1. The molecule has 0 aromatic heterocycles. The number of piperidine rings is 1. The van der Waals surface area contributed by atoms with E-state index in [2.05, 4.69) is 60.7 Å². The van der Waals surface area contributed by atoms with Crippen LogP contribution >= 0.6 is 15.9 Å². The topological polar surface area (TPSA) is 48.9 Å². The molecule has 3 rings (SSSR count). The van der Waals surface area contributed by atoms with Crippen LogP contribution < -0.4 is 10.6 Å². The van der Waals surface area contributed by atoms with Crippen LogP contribution in [-0.4, -0.2) is 63.3 Å². The summed E-state index contributed by atoms with van der Waals surface area (Å²) in [4.78, 5) is 7.00. The second kappa shape index (κ2) is 11.0. The standard InChI is InChI=1S/C21H33BrN4O/c1-23-21(24-10-3-5-17-4-2-6-19(22)14-17)25-20-7-11-26(12-8-20)15-18-9-13-27-16-18/h2,4,6,14,18,20H,3,5,7-13,15-16H2,1H3,(H2,23,24,25). The molecule has 2 saturated heterocycles. The number of likely N-dealkylation sites (tertiary alicyclic amines) is 1. The van der Waals surface area contributed by atoms with Gasteiger partial charge in [0.15, 0.2) is 5.96 Å². The number of benzene rings is 1. The van der Waals surface area contributed by atoms with Gasteiger partial charge in [0.1, 0.15) is 0 Å². The highest BCUT2D eigenvalue weighted by Crippen LogP contribution is 2.17. The third-order valence-electron chi connectivity index (χ3n) is 5.52. The van der Waals surface area contributed by atoms with Gasteiger partial charge in [-0.05, 0) is 55.7 Å². The molecule has 6 heteroatoms. The third kappa shape index (κ3) is 7.09.